The molecule has 1 aliphatic heterocycles. The van der Waals surface area contributed by atoms with Gasteiger partial charge in [0.1, 0.15) is 17.5 Å². The van der Waals surface area contributed by atoms with Gasteiger partial charge in [-0.15, -0.1) is 0 Å². The predicted molar refractivity (Wildman–Crippen MR) is 202 cm³/mol. The molecule has 1 aliphatic carbocycles. The van der Waals surface area contributed by atoms with Crippen LogP contribution in [0.2, 0.25) is 0 Å². The fraction of sp³-hybridized carbons (Fsp3) is 0.421. The molecule has 6 rings (SSSR count). The molecule has 2 aromatic heterocycles. The van der Waals surface area contributed by atoms with E-state index in [2.05, 4.69) is 29.9 Å². The number of aromatic carboxylic acids is 1. The molecule has 16 heteroatoms. The van der Waals surface area contributed by atoms with Crippen molar-refractivity contribution in [3.05, 3.63) is 83.3 Å². The Bertz CT molecular complexity index is 2120. The van der Waals surface area contributed by atoms with Crippen LogP contribution in [0.5, 0.6) is 5.88 Å². The van der Waals surface area contributed by atoms with Gasteiger partial charge >= 0.3 is 12.1 Å². The van der Waals surface area contributed by atoms with E-state index in [-0.39, 0.29) is 35.4 Å². The number of nitrogens with zero attached hydrogens (tertiary/aromatic N) is 6. The average Bonchev–Trinajstić information content (AvgIpc) is 3.48. The number of hydrogen-bond donors (Lipinski definition) is 3. The highest BCUT2D eigenvalue weighted by atomic mass is 32.2. The molecule has 1 saturated carbocycles. The largest absolute Gasteiger partial charge is 0.478 e. The Morgan fingerprint density at radius 1 is 1.00 bits per heavy atom. The molecule has 286 valence electrons. The third kappa shape index (κ3) is 9.05. The minimum Gasteiger partial charge on any atom is -0.478 e. The zero-order valence-corrected chi connectivity index (χ0v) is 32.1. The van der Waals surface area contributed by atoms with Crippen molar-refractivity contribution >= 4 is 33.9 Å². The molecule has 3 heterocycles. The Balaban J connectivity index is 1.31. The lowest BCUT2D eigenvalue weighted by molar-refractivity contribution is 0.0274. The van der Waals surface area contributed by atoms with Crippen LogP contribution in [0.3, 0.4) is 0 Å². The number of hydrogen-bond acceptors (Lipinski definition) is 12. The van der Waals surface area contributed by atoms with Crippen molar-refractivity contribution in [1.29, 1.82) is 0 Å². The Kier molecular flexibility index (Phi) is 11.1. The van der Waals surface area contributed by atoms with Crippen LogP contribution < -0.4 is 19.7 Å². The van der Waals surface area contributed by atoms with Crippen LogP contribution in [0.15, 0.2) is 65.8 Å². The van der Waals surface area contributed by atoms with Gasteiger partial charge in [-0.25, -0.2) is 32.7 Å². The quantitative estimate of drug-likeness (QED) is 0.171. The van der Waals surface area contributed by atoms with Crippen LogP contribution in [-0.4, -0.2) is 94.3 Å². The normalized spacial score (nSPS) is 17.5. The first-order valence-corrected chi connectivity index (χ1v) is 19.3. The van der Waals surface area contributed by atoms with Crippen LogP contribution >= 0.6 is 0 Å². The molecule has 1 saturated heterocycles. The standard InChI is InChI=1S/C38H46N8O7S/c1-23-10-7-11-24(2)34(23)29-17-33(43-36(42-29)44-54(50,51)28-15-8-12-25(16-28)35(47)48)52-31-22-46(37(49)53-38(3,4)5)21-30(31)40-19-26-18-39-20-32(41-26)45(6)27-13-9-14-27/h7-8,10-12,15-18,20,27,30-31,40H,9,13-14,19,21-22H2,1-6H3,(H,47,48)(H,42,43,44)/t30-,31-/m1/s1. The summed E-state index contributed by atoms with van der Waals surface area (Å²) >= 11 is 0. The molecule has 0 spiro atoms. The van der Waals surface area contributed by atoms with Crippen LogP contribution in [-0.2, 0) is 21.3 Å². The second-order valence-corrected chi connectivity index (χ2v) is 16.4. The number of carboxylic acids is 1. The number of amides is 1. The monoisotopic (exact) mass is 758 g/mol. The summed E-state index contributed by atoms with van der Waals surface area (Å²) in [6.45, 7) is 9.98. The third-order valence-electron chi connectivity index (χ3n) is 9.45. The number of benzene rings is 2. The van der Waals surface area contributed by atoms with Gasteiger partial charge in [-0.2, -0.15) is 4.98 Å². The third-order valence-corrected chi connectivity index (χ3v) is 10.8. The number of nitrogens with one attached hydrogen (secondary N) is 2. The number of aromatic nitrogens is 4. The van der Waals surface area contributed by atoms with E-state index < -0.39 is 39.8 Å². The van der Waals surface area contributed by atoms with Gasteiger partial charge in [0.25, 0.3) is 10.0 Å². The van der Waals surface area contributed by atoms with Gasteiger partial charge in [-0.3, -0.25) is 4.98 Å². The Labute approximate surface area is 315 Å². The molecule has 2 aliphatic rings. The van der Waals surface area contributed by atoms with Crippen molar-refractivity contribution in [2.45, 2.75) is 89.1 Å². The first-order chi connectivity index (χ1) is 25.6. The summed E-state index contributed by atoms with van der Waals surface area (Å²) in [5, 5.41) is 12.9. The van der Waals surface area contributed by atoms with Gasteiger partial charge in [-0.05, 0) is 83.2 Å². The minimum absolute atomic E-state index is 0.0615. The zero-order valence-electron chi connectivity index (χ0n) is 31.2. The molecule has 2 aromatic carbocycles. The number of carbonyl (C=O) groups is 2. The number of carboxylic acid groups (broad SMARTS) is 1. The summed E-state index contributed by atoms with van der Waals surface area (Å²) in [5.74, 6) is -0.693. The van der Waals surface area contributed by atoms with Crippen molar-refractivity contribution in [1.82, 2.24) is 30.2 Å². The maximum Gasteiger partial charge on any atom is 0.410 e. The summed E-state index contributed by atoms with van der Waals surface area (Å²) in [6, 6.07) is 12.4. The molecule has 54 heavy (non-hydrogen) atoms. The first kappa shape index (κ1) is 38.4. The minimum atomic E-state index is -4.33. The van der Waals surface area contributed by atoms with Crippen LogP contribution in [0.1, 0.15) is 67.2 Å². The molecule has 0 bridgehead atoms. The van der Waals surface area contributed by atoms with E-state index in [1.165, 1.54) is 24.6 Å². The van der Waals surface area contributed by atoms with Gasteiger partial charge in [0.2, 0.25) is 11.8 Å². The number of aryl methyl sites for hydroxylation is 2. The maximum atomic E-state index is 13.5. The summed E-state index contributed by atoms with van der Waals surface area (Å²) in [7, 11) is -2.30. The van der Waals surface area contributed by atoms with Crippen LogP contribution in [0.4, 0.5) is 16.6 Å². The number of carbonyl (C=O) groups excluding carboxylic acids is 1. The van der Waals surface area contributed by atoms with Gasteiger partial charge in [0, 0.05) is 44.0 Å². The molecular weight excluding hydrogens is 713 g/mol. The Morgan fingerprint density at radius 2 is 1.72 bits per heavy atom. The van der Waals surface area contributed by atoms with E-state index in [9.17, 15) is 23.1 Å². The van der Waals surface area contributed by atoms with Crippen molar-refractivity contribution in [3.8, 4) is 17.1 Å². The van der Waals surface area contributed by atoms with E-state index in [4.69, 9.17) is 14.5 Å². The highest BCUT2D eigenvalue weighted by Gasteiger charge is 2.39. The number of anilines is 2. The summed E-state index contributed by atoms with van der Waals surface area (Å²) in [6.07, 6.45) is 5.75. The van der Waals surface area contributed by atoms with E-state index in [1.807, 2.05) is 39.1 Å². The summed E-state index contributed by atoms with van der Waals surface area (Å²) in [5.41, 5.74) is 2.77. The summed E-state index contributed by atoms with van der Waals surface area (Å²) in [4.78, 5) is 46.6. The van der Waals surface area contributed by atoms with E-state index in [0.29, 0.717) is 18.3 Å². The second-order valence-electron chi connectivity index (χ2n) is 14.7. The van der Waals surface area contributed by atoms with E-state index in [0.717, 1.165) is 47.1 Å². The molecule has 0 unspecified atom stereocenters. The topological polar surface area (TPSA) is 189 Å². The van der Waals surface area contributed by atoms with Crippen molar-refractivity contribution in [3.63, 3.8) is 0 Å². The number of likely N-dealkylation sites (tertiary alicyclic amines) is 1. The molecular formula is C38H46N8O7S. The fourth-order valence-corrected chi connectivity index (χ4v) is 7.41. The number of sulfonamides is 1. The molecule has 1 amide bonds. The van der Waals surface area contributed by atoms with Crippen molar-refractivity contribution in [2.75, 3.05) is 29.8 Å². The Morgan fingerprint density at radius 3 is 2.39 bits per heavy atom. The van der Waals surface area contributed by atoms with Crippen molar-refractivity contribution < 1.29 is 32.6 Å². The maximum absolute atomic E-state index is 13.5. The molecule has 2 atom stereocenters. The second kappa shape index (κ2) is 15.6. The van der Waals surface area contributed by atoms with Gasteiger partial charge in [0.05, 0.1) is 40.6 Å². The lowest BCUT2D eigenvalue weighted by Gasteiger charge is -2.35. The Hall–Kier alpha value is -5.35. The number of rotatable bonds is 12. The van der Waals surface area contributed by atoms with E-state index >= 15 is 0 Å². The SMILES string of the molecule is Cc1cccc(C)c1-c1cc(O[C@@H]2CN(C(=O)OC(C)(C)C)C[C@H]2NCc2cncc(N(C)C3CCC3)n2)nc(NS(=O)(=O)c2cccc(C(=O)O)c2)n1. The first-order valence-electron chi connectivity index (χ1n) is 17.8. The molecule has 15 nitrogen and oxygen atoms in total. The smallest absolute Gasteiger partial charge is 0.410 e. The van der Waals surface area contributed by atoms with Gasteiger partial charge in [-0.1, -0.05) is 24.3 Å². The summed E-state index contributed by atoms with van der Waals surface area (Å²) < 4.78 is 41.7. The highest BCUT2D eigenvalue weighted by Crippen LogP contribution is 2.31. The van der Waals surface area contributed by atoms with E-state index in [1.54, 1.807) is 44.1 Å². The lowest BCUT2D eigenvalue weighted by atomic mass is 9.92. The molecule has 2 fully saturated rings. The van der Waals surface area contributed by atoms with Crippen LogP contribution in [0.25, 0.3) is 11.3 Å². The van der Waals surface area contributed by atoms with Gasteiger partial charge in [0.15, 0.2) is 0 Å². The van der Waals surface area contributed by atoms with Crippen molar-refractivity contribution in [2.24, 2.45) is 0 Å². The fourth-order valence-electron chi connectivity index (χ4n) is 6.42. The lowest BCUT2D eigenvalue weighted by Crippen LogP contribution is -2.42. The average molecular weight is 759 g/mol. The number of ether oxygens (including phenoxy) is 2. The zero-order chi connectivity index (χ0) is 38.8. The molecule has 4 aromatic rings. The molecule has 0 radical (unpaired) electrons. The highest BCUT2D eigenvalue weighted by molar-refractivity contribution is 7.92. The van der Waals surface area contributed by atoms with Crippen LogP contribution in [0, 0.1) is 13.8 Å². The van der Waals surface area contributed by atoms with Gasteiger partial charge < -0.3 is 29.7 Å². The molecule has 3 N–H and O–H groups in total. The predicted octanol–water partition coefficient (Wildman–Crippen LogP) is 5.19.